The first-order valence-corrected chi connectivity index (χ1v) is 6.01. The fourth-order valence-electron chi connectivity index (χ4n) is 2.39. The molecule has 1 fully saturated rings. The van der Waals surface area contributed by atoms with E-state index in [1.807, 2.05) is 13.0 Å². The first-order chi connectivity index (χ1) is 7.78. The molecule has 2 aliphatic heterocycles. The van der Waals surface area contributed by atoms with Crippen molar-refractivity contribution >= 4 is 0 Å². The van der Waals surface area contributed by atoms with Gasteiger partial charge in [0.15, 0.2) is 0 Å². The second-order valence-corrected chi connectivity index (χ2v) is 4.26. The molecule has 1 unspecified atom stereocenters. The van der Waals surface area contributed by atoms with Crippen LogP contribution < -0.4 is 0 Å². The van der Waals surface area contributed by atoms with Gasteiger partial charge in [0.05, 0.1) is 6.61 Å². The Hall–Kier alpha value is -0.580. The molecule has 0 spiro atoms. The molecule has 1 atom stereocenters. The Balaban J connectivity index is 2.10. The smallest absolute Gasteiger partial charge is 0.140 e. The van der Waals surface area contributed by atoms with Gasteiger partial charge >= 0.3 is 0 Å². The maximum Gasteiger partial charge on any atom is 0.140 e. The molecule has 0 aliphatic carbocycles. The average molecular weight is 228 g/mol. The quantitative estimate of drug-likeness (QED) is 0.786. The second kappa shape index (κ2) is 5.17. The summed E-state index contributed by atoms with van der Waals surface area (Å²) in [7, 11) is 0. The van der Waals surface area contributed by atoms with Crippen molar-refractivity contribution < 1.29 is 19.3 Å². The van der Waals surface area contributed by atoms with Crippen molar-refractivity contribution in [2.45, 2.75) is 37.9 Å². The molecule has 92 valence electrons. The summed E-state index contributed by atoms with van der Waals surface area (Å²) < 4.78 is 16.6. The van der Waals surface area contributed by atoms with Gasteiger partial charge < -0.3 is 19.3 Å². The molecule has 2 heterocycles. The first kappa shape index (κ1) is 11.9. The molecule has 16 heavy (non-hydrogen) atoms. The fraction of sp³-hybridized carbons (Fsp3) is 0.833. The van der Waals surface area contributed by atoms with Crippen LogP contribution in [0.1, 0.15) is 26.2 Å². The van der Waals surface area contributed by atoms with Crippen LogP contribution in [0.2, 0.25) is 0 Å². The van der Waals surface area contributed by atoms with Gasteiger partial charge in [-0.15, -0.1) is 0 Å². The zero-order chi connectivity index (χ0) is 11.4. The average Bonchev–Trinajstić information content (AvgIpc) is 2.83. The lowest BCUT2D eigenvalue weighted by atomic mass is 9.86. The molecule has 0 saturated carbocycles. The first-order valence-electron chi connectivity index (χ1n) is 6.01. The maximum atomic E-state index is 10.4. The highest BCUT2D eigenvalue weighted by Crippen LogP contribution is 2.34. The molecule has 4 nitrogen and oxygen atoms in total. The number of ether oxygens (including phenoxy) is 3. The fourth-order valence-corrected chi connectivity index (χ4v) is 2.39. The summed E-state index contributed by atoms with van der Waals surface area (Å²) in [6, 6.07) is 0. The van der Waals surface area contributed by atoms with Crippen LogP contribution >= 0.6 is 0 Å². The van der Waals surface area contributed by atoms with E-state index in [0.29, 0.717) is 32.2 Å². The van der Waals surface area contributed by atoms with E-state index in [-0.39, 0.29) is 0 Å². The van der Waals surface area contributed by atoms with Crippen molar-refractivity contribution in [3.05, 3.63) is 11.8 Å². The van der Waals surface area contributed by atoms with E-state index in [1.54, 1.807) is 0 Å². The summed E-state index contributed by atoms with van der Waals surface area (Å²) in [6.45, 7) is 4.51. The van der Waals surface area contributed by atoms with E-state index in [1.165, 1.54) is 0 Å². The molecule has 1 N–H and O–H groups in total. The minimum Gasteiger partial charge on any atom is -0.495 e. The Morgan fingerprint density at radius 2 is 2.19 bits per heavy atom. The van der Waals surface area contributed by atoms with Gasteiger partial charge in [-0.25, -0.2) is 0 Å². The third-order valence-corrected chi connectivity index (χ3v) is 3.27. The molecule has 0 aromatic carbocycles. The van der Waals surface area contributed by atoms with Crippen LogP contribution in [0.15, 0.2) is 11.8 Å². The Bertz CT molecular complexity index is 250. The van der Waals surface area contributed by atoms with Crippen molar-refractivity contribution in [2.24, 2.45) is 0 Å². The molecular formula is C12H20O4. The molecule has 2 rings (SSSR count). The molecule has 4 heteroatoms. The molecule has 2 aliphatic rings. The van der Waals surface area contributed by atoms with Crippen LogP contribution in [0.3, 0.4) is 0 Å². The molecule has 0 aromatic heterocycles. The number of rotatable bonds is 4. The Labute approximate surface area is 96.2 Å². The Kier molecular flexibility index (Phi) is 3.84. The zero-order valence-electron chi connectivity index (χ0n) is 9.78. The zero-order valence-corrected chi connectivity index (χ0v) is 9.78. The number of hydrogen-bond donors (Lipinski definition) is 1. The molecule has 0 aromatic rings. The summed E-state index contributed by atoms with van der Waals surface area (Å²) in [6.07, 6.45) is 3.64. The minimum absolute atomic E-state index is 0.511. The van der Waals surface area contributed by atoms with E-state index in [4.69, 9.17) is 14.2 Å². The predicted octanol–water partition coefficient (Wildman–Crippen LogP) is 1.24. The standard InChI is InChI=1S/C12H20O4/c1-2-16-12(5-8-14-9-6-12)11(13)10-4-3-7-15-10/h4,11,13H,2-3,5-9H2,1H3. The van der Waals surface area contributed by atoms with Gasteiger partial charge in [-0.1, -0.05) is 0 Å². The molecule has 1 saturated heterocycles. The second-order valence-electron chi connectivity index (χ2n) is 4.26. The van der Waals surface area contributed by atoms with Gasteiger partial charge in [0.2, 0.25) is 0 Å². The topological polar surface area (TPSA) is 47.9 Å². The third-order valence-electron chi connectivity index (χ3n) is 3.27. The summed E-state index contributed by atoms with van der Waals surface area (Å²) >= 11 is 0. The summed E-state index contributed by atoms with van der Waals surface area (Å²) in [4.78, 5) is 0. The lowest BCUT2D eigenvalue weighted by Crippen LogP contribution is -2.50. The summed E-state index contributed by atoms with van der Waals surface area (Å²) in [5.74, 6) is 0.676. The molecule has 0 bridgehead atoms. The largest absolute Gasteiger partial charge is 0.495 e. The number of hydrogen-bond acceptors (Lipinski definition) is 4. The Morgan fingerprint density at radius 3 is 2.75 bits per heavy atom. The highest BCUT2D eigenvalue weighted by Gasteiger charge is 2.43. The lowest BCUT2D eigenvalue weighted by molar-refractivity contribution is -0.163. The minimum atomic E-state index is -0.654. The molecule has 0 radical (unpaired) electrons. The maximum absolute atomic E-state index is 10.4. The number of aliphatic hydroxyl groups is 1. The van der Waals surface area contributed by atoms with E-state index in [9.17, 15) is 5.11 Å². The van der Waals surface area contributed by atoms with E-state index < -0.39 is 11.7 Å². The highest BCUT2D eigenvalue weighted by atomic mass is 16.5. The van der Waals surface area contributed by atoms with Crippen LogP contribution in [0.5, 0.6) is 0 Å². The van der Waals surface area contributed by atoms with Gasteiger partial charge in [0.1, 0.15) is 17.5 Å². The van der Waals surface area contributed by atoms with Crippen LogP contribution in [0.25, 0.3) is 0 Å². The van der Waals surface area contributed by atoms with Crippen molar-refractivity contribution in [3.63, 3.8) is 0 Å². The van der Waals surface area contributed by atoms with Crippen LogP contribution in [-0.4, -0.2) is 43.2 Å². The SMILES string of the molecule is CCOC1(C(O)C2=CCCO2)CCOCC1. The highest BCUT2D eigenvalue weighted by molar-refractivity contribution is 5.12. The number of aliphatic hydroxyl groups excluding tert-OH is 1. The van der Waals surface area contributed by atoms with Gasteiger partial charge in [-0.05, 0) is 13.0 Å². The van der Waals surface area contributed by atoms with E-state index in [0.717, 1.165) is 19.3 Å². The van der Waals surface area contributed by atoms with Crippen LogP contribution in [0.4, 0.5) is 0 Å². The predicted molar refractivity (Wildman–Crippen MR) is 59.1 cm³/mol. The van der Waals surface area contributed by atoms with Gasteiger partial charge in [-0.3, -0.25) is 0 Å². The van der Waals surface area contributed by atoms with Crippen LogP contribution in [0, 0.1) is 0 Å². The monoisotopic (exact) mass is 228 g/mol. The van der Waals surface area contributed by atoms with Crippen LogP contribution in [-0.2, 0) is 14.2 Å². The van der Waals surface area contributed by atoms with Gasteiger partial charge in [0, 0.05) is 39.1 Å². The van der Waals surface area contributed by atoms with Gasteiger partial charge in [0.25, 0.3) is 0 Å². The van der Waals surface area contributed by atoms with Gasteiger partial charge in [-0.2, -0.15) is 0 Å². The third kappa shape index (κ3) is 2.24. The molecular weight excluding hydrogens is 208 g/mol. The lowest BCUT2D eigenvalue weighted by Gasteiger charge is -2.40. The van der Waals surface area contributed by atoms with E-state index in [2.05, 4.69) is 0 Å². The molecule has 0 amide bonds. The van der Waals surface area contributed by atoms with E-state index >= 15 is 0 Å². The van der Waals surface area contributed by atoms with Crippen molar-refractivity contribution in [3.8, 4) is 0 Å². The van der Waals surface area contributed by atoms with Crippen molar-refractivity contribution in [1.82, 2.24) is 0 Å². The van der Waals surface area contributed by atoms with Crippen molar-refractivity contribution in [1.29, 1.82) is 0 Å². The summed E-state index contributed by atoms with van der Waals surface area (Å²) in [5, 5.41) is 10.4. The normalized spacial score (nSPS) is 26.0. The Morgan fingerprint density at radius 1 is 1.44 bits per heavy atom. The van der Waals surface area contributed by atoms with Crippen molar-refractivity contribution in [2.75, 3.05) is 26.4 Å². The summed E-state index contributed by atoms with van der Waals surface area (Å²) in [5.41, 5.74) is -0.511.